The zero-order valence-electron chi connectivity index (χ0n) is 10.7. The van der Waals surface area contributed by atoms with Gasteiger partial charge in [0.1, 0.15) is 4.75 Å². The molecule has 2 unspecified atom stereocenters. The van der Waals surface area contributed by atoms with Crippen LogP contribution >= 0.6 is 11.8 Å². The summed E-state index contributed by atoms with van der Waals surface area (Å²) in [5.74, 6) is -0.154. The number of ether oxygens (including phenoxy) is 1. The average Bonchev–Trinajstić information content (AvgIpc) is 2.42. The molecule has 0 radical (unpaired) electrons. The minimum atomic E-state index is -0.573. The molecule has 1 aliphatic rings. The topological polar surface area (TPSA) is 26.3 Å². The van der Waals surface area contributed by atoms with Crippen molar-refractivity contribution in [2.24, 2.45) is 5.41 Å². The van der Waals surface area contributed by atoms with Crippen LogP contribution in [0.2, 0.25) is 0 Å². The molecular weight excluding hydrogens is 220 g/mol. The second-order valence-corrected chi connectivity index (χ2v) is 6.93. The molecule has 16 heavy (non-hydrogen) atoms. The van der Waals surface area contributed by atoms with Crippen molar-refractivity contribution >= 4 is 17.7 Å². The van der Waals surface area contributed by atoms with E-state index >= 15 is 0 Å². The summed E-state index contributed by atoms with van der Waals surface area (Å²) in [4.78, 5) is 11.9. The Morgan fingerprint density at radius 1 is 1.56 bits per heavy atom. The van der Waals surface area contributed by atoms with Crippen LogP contribution in [0.5, 0.6) is 0 Å². The van der Waals surface area contributed by atoms with Crippen molar-refractivity contribution < 1.29 is 9.53 Å². The van der Waals surface area contributed by atoms with E-state index in [1.165, 1.54) is 0 Å². The maximum atomic E-state index is 11.9. The van der Waals surface area contributed by atoms with Gasteiger partial charge in [0.2, 0.25) is 0 Å². The highest BCUT2D eigenvalue weighted by atomic mass is 32.2. The fraction of sp³-hybridized carbons (Fsp3) is 0.615. The first-order chi connectivity index (χ1) is 7.19. The van der Waals surface area contributed by atoms with E-state index in [4.69, 9.17) is 4.74 Å². The third kappa shape index (κ3) is 2.70. The molecule has 0 amide bonds. The second kappa shape index (κ2) is 4.28. The van der Waals surface area contributed by atoms with Gasteiger partial charge in [-0.1, -0.05) is 56.8 Å². The van der Waals surface area contributed by atoms with Crippen LogP contribution in [0.3, 0.4) is 0 Å². The summed E-state index contributed by atoms with van der Waals surface area (Å²) in [6.07, 6.45) is 3.68. The molecule has 0 bridgehead atoms. The number of cyclic esters (lactones) is 1. The average molecular weight is 240 g/mol. The van der Waals surface area contributed by atoms with Crippen LogP contribution in [-0.2, 0) is 9.53 Å². The summed E-state index contributed by atoms with van der Waals surface area (Å²) in [7, 11) is 0. The molecule has 0 spiro atoms. The van der Waals surface area contributed by atoms with Crippen LogP contribution < -0.4 is 0 Å². The highest BCUT2D eigenvalue weighted by molar-refractivity contribution is 8.02. The van der Waals surface area contributed by atoms with E-state index in [1.54, 1.807) is 17.8 Å². The van der Waals surface area contributed by atoms with Crippen molar-refractivity contribution in [1.82, 2.24) is 0 Å². The van der Waals surface area contributed by atoms with Crippen molar-refractivity contribution in [2.45, 2.75) is 44.8 Å². The van der Waals surface area contributed by atoms with E-state index in [0.717, 1.165) is 5.57 Å². The van der Waals surface area contributed by atoms with Gasteiger partial charge in [-0.2, -0.15) is 0 Å². The van der Waals surface area contributed by atoms with Gasteiger partial charge in [0.05, 0.1) is 0 Å². The molecule has 1 aliphatic heterocycles. The molecule has 0 saturated carbocycles. The molecule has 2 nitrogen and oxygen atoms in total. The van der Waals surface area contributed by atoms with Crippen molar-refractivity contribution in [3.63, 3.8) is 0 Å². The molecule has 0 N–H and O–H groups in total. The van der Waals surface area contributed by atoms with Gasteiger partial charge >= 0.3 is 5.97 Å². The first-order valence-corrected chi connectivity index (χ1v) is 6.28. The third-order valence-corrected chi connectivity index (χ3v) is 4.29. The fourth-order valence-corrected chi connectivity index (χ4v) is 2.78. The Bertz CT molecular complexity index is 338. The van der Waals surface area contributed by atoms with Crippen LogP contribution in [0, 0.1) is 5.41 Å². The number of rotatable bonds is 2. The van der Waals surface area contributed by atoms with Gasteiger partial charge in [0, 0.05) is 5.41 Å². The Kier molecular flexibility index (Phi) is 3.58. The van der Waals surface area contributed by atoms with Gasteiger partial charge < -0.3 is 4.74 Å². The van der Waals surface area contributed by atoms with Crippen LogP contribution in [0.15, 0.2) is 24.3 Å². The molecule has 0 aromatic heterocycles. The lowest BCUT2D eigenvalue weighted by molar-refractivity contribution is -0.146. The summed E-state index contributed by atoms with van der Waals surface area (Å²) < 4.78 is 4.86. The van der Waals surface area contributed by atoms with Crippen LogP contribution in [0.4, 0.5) is 0 Å². The summed E-state index contributed by atoms with van der Waals surface area (Å²) >= 11 is 1.58. The Balaban J connectivity index is 2.94. The number of esters is 1. The lowest BCUT2D eigenvalue weighted by atomic mass is 9.98. The second-order valence-electron chi connectivity index (χ2n) is 5.42. The van der Waals surface area contributed by atoms with Gasteiger partial charge in [0.25, 0.3) is 0 Å². The lowest BCUT2D eigenvalue weighted by Gasteiger charge is -2.24. The van der Waals surface area contributed by atoms with Crippen LogP contribution in [-0.4, -0.2) is 16.2 Å². The van der Waals surface area contributed by atoms with Crippen LogP contribution in [0.1, 0.15) is 34.6 Å². The smallest absolute Gasteiger partial charge is 0.327 e. The molecule has 1 saturated heterocycles. The normalized spacial score (nSPS) is 31.4. The molecule has 1 rings (SSSR count). The SMILES string of the molecule is C=C/C(C)=C/C1(C)SC(C(C)(C)C)OC1=O. The van der Waals surface area contributed by atoms with E-state index in [0.29, 0.717) is 0 Å². The summed E-state index contributed by atoms with van der Waals surface area (Å²) in [6, 6.07) is 0. The standard InChI is InChI=1S/C13H20O2S/c1-7-9(2)8-13(6)10(14)15-11(16-13)12(3,4)5/h7-8,11H,1H2,2-6H3/b9-8+. The summed E-state index contributed by atoms with van der Waals surface area (Å²) in [5.41, 5.74) is 0.883. The first-order valence-electron chi connectivity index (χ1n) is 5.40. The zero-order valence-corrected chi connectivity index (χ0v) is 11.5. The maximum Gasteiger partial charge on any atom is 0.327 e. The molecule has 0 aromatic carbocycles. The monoisotopic (exact) mass is 240 g/mol. The number of hydrogen-bond acceptors (Lipinski definition) is 3. The highest BCUT2D eigenvalue weighted by Gasteiger charge is 2.48. The molecule has 1 fully saturated rings. The first kappa shape index (κ1) is 13.4. The Morgan fingerprint density at radius 2 is 2.12 bits per heavy atom. The number of hydrogen-bond donors (Lipinski definition) is 0. The predicted molar refractivity (Wildman–Crippen MR) is 69.3 cm³/mol. The van der Waals surface area contributed by atoms with Crippen molar-refractivity contribution in [1.29, 1.82) is 0 Å². The van der Waals surface area contributed by atoms with Crippen molar-refractivity contribution in [3.8, 4) is 0 Å². The highest BCUT2D eigenvalue weighted by Crippen LogP contribution is 2.47. The Labute approximate surface area is 102 Å². The van der Waals surface area contributed by atoms with Gasteiger partial charge in [-0.15, -0.1) is 0 Å². The number of carbonyl (C=O) groups is 1. The molecule has 0 aromatic rings. The predicted octanol–water partition coefficient (Wildman–Crippen LogP) is 3.54. The molecule has 0 aliphatic carbocycles. The quantitative estimate of drug-likeness (QED) is 0.545. The number of allylic oxidation sites excluding steroid dienone is 2. The minimum absolute atomic E-state index is 0.0337. The van der Waals surface area contributed by atoms with E-state index in [1.807, 2.05) is 19.9 Å². The number of carbonyl (C=O) groups excluding carboxylic acids is 1. The number of thioether (sulfide) groups is 1. The minimum Gasteiger partial charge on any atom is -0.449 e. The van der Waals surface area contributed by atoms with Crippen molar-refractivity contribution in [2.75, 3.05) is 0 Å². The van der Waals surface area contributed by atoms with Crippen molar-refractivity contribution in [3.05, 3.63) is 24.3 Å². The van der Waals surface area contributed by atoms with Gasteiger partial charge in [0.15, 0.2) is 5.44 Å². The summed E-state index contributed by atoms with van der Waals surface area (Å²) in [5, 5.41) is 0. The lowest BCUT2D eigenvalue weighted by Crippen LogP contribution is -2.24. The van der Waals surface area contributed by atoms with Gasteiger partial charge in [-0.05, 0) is 13.8 Å². The summed E-state index contributed by atoms with van der Waals surface area (Å²) in [6.45, 7) is 13.8. The van der Waals surface area contributed by atoms with Gasteiger partial charge in [-0.25, -0.2) is 0 Å². The van der Waals surface area contributed by atoms with Gasteiger partial charge in [-0.3, -0.25) is 4.79 Å². The zero-order chi connectivity index (χ0) is 12.6. The van der Waals surface area contributed by atoms with E-state index in [9.17, 15) is 4.79 Å². The fourth-order valence-electron chi connectivity index (χ4n) is 1.45. The molecule has 1 heterocycles. The van der Waals surface area contributed by atoms with E-state index in [-0.39, 0.29) is 16.8 Å². The van der Waals surface area contributed by atoms with Crippen LogP contribution in [0.25, 0.3) is 0 Å². The Hall–Kier alpha value is -0.700. The van der Waals surface area contributed by atoms with E-state index in [2.05, 4.69) is 27.4 Å². The molecule has 3 heteroatoms. The maximum absolute atomic E-state index is 11.9. The molecule has 2 atom stereocenters. The Morgan fingerprint density at radius 3 is 2.50 bits per heavy atom. The largest absolute Gasteiger partial charge is 0.449 e. The van der Waals surface area contributed by atoms with E-state index < -0.39 is 4.75 Å². The third-order valence-electron chi connectivity index (χ3n) is 2.50. The molecular formula is C13H20O2S. The molecule has 90 valence electrons.